The minimum atomic E-state index is 0.229. The summed E-state index contributed by atoms with van der Waals surface area (Å²) in [6.07, 6.45) is 2.79. The zero-order valence-electron chi connectivity index (χ0n) is 11.4. The first-order valence-electron chi connectivity index (χ1n) is 6.59. The van der Waals surface area contributed by atoms with Crippen LogP contribution >= 0.6 is 0 Å². The summed E-state index contributed by atoms with van der Waals surface area (Å²) in [5, 5.41) is 0. The molecule has 1 aliphatic rings. The molecule has 0 radical (unpaired) electrons. The highest BCUT2D eigenvalue weighted by molar-refractivity contribution is 5.81. The van der Waals surface area contributed by atoms with Crippen LogP contribution in [0.15, 0.2) is 0 Å². The molecule has 0 bridgehead atoms. The van der Waals surface area contributed by atoms with Gasteiger partial charge in [-0.1, -0.05) is 27.7 Å². The van der Waals surface area contributed by atoms with Crippen molar-refractivity contribution >= 4 is 5.78 Å². The van der Waals surface area contributed by atoms with E-state index in [2.05, 4.69) is 27.7 Å². The van der Waals surface area contributed by atoms with Crippen LogP contribution in [0.1, 0.15) is 53.9 Å². The van der Waals surface area contributed by atoms with Crippen molar-refractivity contribution in [1.29, 1.82) is 0 Å². The molecule has 1 fully saturated rings. The predicted octanol–water partition coefficient (Wildman–Crippen LogP) is 3.00. The molecule has 1 aliphatic carbocycles. The molecule has 0 aromatic rings. The van der Waals surface area contributed by atoms with E-state index in [1.165, 1.54) is 0 Å². The molecule has 0 heterocycles. The lowest BCUT2D eigenvalue weighted by atomic mass is 9.96. The van der Waals surface area contributed by atoms with E-state index in [9.17, 15) is 4.79 Å². The van der Waals surface area contributed by atoms with Gasteiger partial charge in [0.05, 0.1) is 0 Å². The fraction of sp³-hybridized carbons (Fsp3) is 0.929. The van der Waals surface area contributed by atoms with Crippen molar-refractivity contribution in [2.75, 3.05) is 0 Å². The molecule has 1 saturated carbocycles. The molecule has 2 nitrogen and oxygen atoms in total. The standard InChI is InChI=1S/C14H27NO/c1-6-9(2)13(16)8-12-11(7-10(3)15)14(12,4)5/h9-12H,6-8,15H2,1-5H3/t9?,10-,11+,12-/m1/s1. The van der Waals surface area contributed by atoms with Gasteiger partial charge >= 0.3 is 0 Å². The van der Waals surface area contributed by atoms with Gasteiger partial charge < -0.3 is 5.73 Å². The van der Waals surface area contributed by atoms with E-state index in [0.29, 0.717) is 23.0 Å². The first-order valence-corrected chi connectivity index (χ1v) is 6.59. The molecule has 94 valence electrons. The third-order valence-corrected chi connectivity index (χ3v) is 4.50. The lowest BCUT2D eigenvalue weighted by Gasteiger charge is -2.07. The van der Waals surface area contributed by atoms with Crippen LogP contribution in [0.2, 0.25) is 0 Å². The summed E-state index contributed by atoms with van der Waals surface area (Å²) in [6.45, 7) is 10.7. The van der Waals surface area contributed by atoms with Gasteiger partial charge in [0.1, 0.15) is 5.78 Å². The molecule has 1 rings (SSSR count). The van der Waals surface area contributed by atoms with Crippen LogP contribution in [-0.4, -0.2) is 11.8 Å². The van der Waals surface area contributed by atoms with Crippen LogP contribution in [-0.2, 0) is 4.79 Å². The van der Waals surface area contributed by atoms with Crippen molar-refractivity contribution in [2.45, 2.75) is 59.9 Å². The second-order valence-electron chi connectivity index (χ2n) is 6.23. The predicted molar refractivity (Wildman–Crippen MR) is 68.1 cm³/mol. The van der Waals surface area contributed by atoms with Crippen LogP contribution in [0.4, 0.5) is 0 Å². The topological polar surface area (TPSA) is 43.1 Å². The molecular weight excluding hydrogens is 198 g/mol. The Balaban J connectivity index is 2.48. The molecule has 16 heavy (non-hydrogen) atoms. The Labute approximate surface area is 100.0 Å². The average molecular weight is 225 g/mol. The molecular formula is C14H27NO. The third kappa shape index (κ3) is 2.85. The number of hydrogen-bond donors (Lipinski definition) is 1. The average Bonchev–Trinajstić information content (AvgIpc) is 2.67. The maximum Gasteiger partial charge on any atom is 0.135 e. The molecule has 2 N–H and O–H groups in total. The van der Waals surface area contributed by atoms with Gasteiger partial charge in [-0.25, -0.2) is 0 Å². The van der Waals surface area contributed by atoms with Crippen LogP contribution in [0, 0.1) is 23.2 Å². The van der Waals surface area contributed by atoms with Gasteiger partial charge in [0, 0.05) is 18.4 Å². The van der Waals surface area contributed by atoms with E-state index < -0.39 is 0 Å². The molecule has 0 spiro atoms. The van der Waals surface area contributed by atoms with Crippen molar-refractivity contribution in [3.05, 3.63) is 0 Å². The van der Waals surface area contributed by atoms with E-state index in [0.717, 1.165) is 19.3 Å². The second-order valence-corrected chi connectivity index (χ2v) is 6.23. The summed E-state index contributed by atoms with van der Waals surface area (Å²) in [6, 6.07) is 0.257. The number of rotatable bonds is 6. The summed E-state index contributed by atoms with van der Waals surface area (Å²) in [4.78, 5) is 11.9. The molecule has 0 aliphatic heterocycles. The number of ketones is 1. The number of nitrogens with two attached hydrogens (primary N) is 1. The minimum Gasteiger partial charge on any atom is -0.328 e. The maximum atomic E-state index is 11.9. The van der Waals surface area contributed by atoms with E-state index >= 15 is 0 Å². The van der Waals surface area contributed by atoms with Crippen molar-refractivity contribution < 1.29 is 4.79 Å². The Morgan fingerprint density at radius 1 is 1.31 bits per heavy atom. The zero-order valence-corrected chi connectivity index (χ0v) is 11.4. The monoisotopic (exact) mass is 225 g/mol. The molecule has 0 aromatic carbocycles. The molecule has 0 saturated heterocycles. The number of carbonyl (C=O) groups is 1. The fourth-order valence-corrected chi connectivity index (χ4v) is 2.78. The van der Waals surface area contributed by atoms with Gasteiger partial charge in [0.15, 0.2) is 0 Å². The molecule has 0 aromatic heterocycles. The van der Waals surface area contributed by atoms with Gasteiger partial charge in [-0.2, -0.15) is 0 Å². The van der Waals surface area contributed by atoms with E-state index in [-0.39, 0.29) is 12.0 Å². The van der Waals surface area contributed by atoms with E-state index in [4.69, 9.17) is 5.73 Å². The van der Waals surface area contributed by atoms with Crippen molar-refractivity contribution in [3.8, 4) is 0 Å². The zero-order chi connectivity index (χ0) is 12.5. The third-order valence-electron chi connectivity index (χ3n) is 4.50. The number of carbonyl (C=O) groups excluding carboxylic acids is 1. The Morgan fingerprint density at radius 2 is 1.88 bits per heavy atom. The number of hydrogen-bond acceptors (Lipinski definition) is 2. The largest absolute Gasteiger partial charge is 0.328 e. The van der Waals surface area contributed by atoms with Gasteiger partial charge in [0.25, 0.3) is 0 Å². The van der Waals surface area contributed by atoms with Crippen molar-refractivity contribution in [2.24, 2.45) is 28.9 Å². The van der Waals surface area contributed by atoms with Crippen LogP contribution in [0.5, 0.6) is 0 Å². The van der Waals surface area contributed by atoms with Crippen molar-refractivity contribution in [1.82, 2.24) is 0 Å². The summed E-state index contributed by atoms with van der Waals surface area (Å²) >= 11 is 0. The molecule has 1 unspecified atom stereocenters. The van der Waals surface area contributed by atoms with Crippen molar-refractivity contribution in [3.63, 3.8) is 0 Å². The summed E-state index contributed by atoms with van der Waals surface area (Å²) < 4.78 is 0. The summed E-state index contributed by atoms with van der Waals surface area (Å²) in [5.74, 6) is 1.89. The molecule has 0 amide bonds. The lowest BCUT2D eigenvalue weighted by molar-refractivity contribution is -0.123. The Kier molecular flexibility index (Phi) is 4.17. The highest BCUT2D eigenvalue weighted by atomic mass is 16.1. The maximum absolute atomic E-state index is 11.9. The Morgan fingerprint density at radius 3 is 2.31 bits per heavy atom. The Bertz CT molecular complexity index is 257. The molecule has 4 atom stereocenters. The fourth-order valence-electron chi connectivity index (χ4n) is 2.78. The minimum absolute atomic E-state index is 0.229. The Hall–Kier alpha value is -0.370. The normalized spacial score (nSPS) is 30.9. The van der Waals surface area contributed by atoms with Crippen LogP contribution in [0.25, 0.3) is 0 Å². The number of Topliss-reactive ketones (excluding diaryl/α,β-unsaturated/α-hetero) is 1. The smallest absolute Gasteiger partial charge is 0.135 e. The van der Waals surface area contributed by atoms with Crippen LogP contribution < -0.4 is 5.73 Å². The quantitative estimate of drug-likeness (QED) is 0.755. The second kappa shape index (κ2) is 4.87. The van der Waals surface area contributed by atoms with Gasteiger partial charge in [-0.15, -0.1) is 0 Å². The van der Waals surface area contributed by atoms with Gasteiger partial charge in [-0.05, 0) is 37.0 Å². The summed E-state index contributed by atoms with van der Waals surface area (Å²) in [5.41, 5.74) is 6.18. The van der Waals surface area contributed by atoms with Gasteiger partial charge in [0.2, 0.25) is 0 Å². The highest BCUT2D eigenvalue weighted by Crippen LogP contribution is 2.62. The van der Waals surface area contributed by atoms with Crippen LogP contribution in [0.3, 0.4) is 0 Å². The van der Waals surface area contributed by atoms with Gasteiger partial charge in [-0.3, -0.25) is 4.79 Å². The lowest BCUT2D eigenvalue weighted by Crippen LogP contribution is -2.16. The molecule has 2 heteroatoms. The SMILES string of the molecule is CCC(C)C(=O)C[C@@H]1[C@H](C[C@@H](C)N)C1(C)C. The first kappa shape index (κ1) is 13.7. The summed E-state index contributed by atoms with van der Waals surface area (Å²) in [7, 11) is 0. The first-order chi connectivity index (χ1) is 7.30. The van der Waals surface area contributed by atoms with E-state index in [1.807, 2.05) is 6.92 Å². The van der Waals surface area contributed by atoms with E-state index in [1.54, 1.807) is 0 Å². The highest BCUT2D eigenvalue weighted by Gasteiger charge is 2.57.